The Kier molecular flexibility index (Phi) is 7.02. The average Bonchev–Trinajstić information content (AvgIpc) is 3.07. The van der Waals surface area contributed by atoms with Crippen molar-refractivity contribution in [3.8, 4) is 0 Å². The minimum absolute atomic E-state index is 0.143. The molecule has 5 heteroatoms. The highest BCUT2D eigenvalue weighted by atomic mass is 19.4. The SMILES string of the molecule is CC[C@]1(O)CC[C@@]2(C)[C@@H](CC[C@@H]3[C@@H]2CC[C@]2(C)[C@@H]([C@H](CCCC(C)(C)O)C(F)(F)F)CC[C@@H]32)C1. The fourth-order valence-corrected chi connectivity index (χ4v) is 9.69. The third-order valence-electron chi connectivity index (χ3n) is 11.8. The predicted octanol–water partition coefficient (Wildman–Crippen LogP) is 7.91. The van der Waals surface area contributed by atoms with Gasteiger partial charge in [-0.1, -0.05) is 20.8 Å². The lowest BCUT2D eigenvalue weighted by molar-refractivity contribution is -0.210. The van der Waals surface area contributed by atoms with Gasteiger partial charge < -0.3 is 10.2 Å². The molecule has 0 heterocycles. The van der Waals surface area contributed by atoms with Crippen molar-refractivity contribution < 1.29 is 23.4 Å². The first-order valence-electron chi connectivity index (χ1n) is 14.1. The summed E-state index contributed by atoms with van der Waals surface area (Å²) in [5.74, 6) is 0.566. The van der Waals surface area contributed by atoms with Crippen LogP contribution in [-0.2, 0) is 0 Å². The van der Waals surface area contributed by atoms with Crippen LogP contribution in [0.15, 0.2) is 0 Å². The standard InChI is InChI=1S/C29H49F3O2/c1-6-28(34)17-16-26(4)19(18-28)9-10-20-21-11-12-23(27(21,5)15-13-22(20)26)24(29(30,31)32)8-7-14-25(2,3)33/h19-24,33-34H,6-18H2,1-5H3/t19-,20-,21-,22-,23+,24-,26-,27-,28-/m0/s1. The molecule has 9 atom stereocenters. The zero-order chi connectivity index (χ0) is 25.2. The molecule has 0 spiro atoms. The highest BCUT2D eigenvalue weighted by molar-refractivity contribution is 5.11. The smallest absolute Gasteiger partial charge is 0.390 e. The number of aliphatic hydroxyl groups is 2. The Balaban J connectivity index is 1.52. The van der Waals surface area contributed by atoms with Crippen molar-refractivity contribution in [1.82, 2.24) is 0 Å². The van der Waals surface area contributed by atoms with Crippen LogP contribution in [0, 0.1) is 46.3 Å². The first kappa shape index (κ1) is 26.8. The fourth-order valence-electron chi connectivity index (χ4n) is 9.69. The van der Waals surface area contributed by atoms with E-state index in [1.807, 2.05) is 0 Å². The molecule has 0 aliphatic heterocycles. The van der Waals surface area contributed by atoms with Crippen LogP contribution in [0.25, 0.3) is 0 Å². The van der Waals surface area contributed by atoms with Crippen LogP contribution >= 0.6 is 0 Å². The first-order chi connectivity index (χ1) is 15.6. The molecule has 4 rings (SSSR count). The maximum Gasteiger partial charge on any atom is 0.392 e. The Hall–Kier alpha value is -0.290. The Bertz CT molecular complexity index is 730. The van der Waals surface area contributed by atoms with Crippen molar-refractivity contribution in [2.75, 3.05) is 0 Å². The summed E-state index contributed by atoms with van der Waals surface area (Å²) in [4.78, 5) is 0. The summed E-state index contributed by atoms with van der Waals surface area (Å²) < 4.78 is 43.1. The zero-order valence-corrected chi connectivity index (χ0v) is 22.2. The second-order valence-corrected chi connectivity index (χ2v) is 14.0. The number of hydrogen-bond donors (Lipinski definition) is 2. The molecule has 4 aliphatic carbocycles. The van der Waals surface area contributed by atoms with Crippen molar-refractivity contribution in [2.24, 2.45) is 46.3 Å². The number of alkyl halides is 3. The third-order valence-corrected chi connectivity index (χ3v) is 11.8. The molecule has 198 valence electrons. The van der Waals surface area contributed by atoms with Crippen molar-refractivity contribution in [3.63, 3.8) is 0 Å². The van der Waals surface area contributed by atoms with E-state index in [4.69, 9.17) is 0 Å². The van der Waals surface area contributed by atoms with Gasteiger partial charge in [0.2, 0.25) is 0 Å². The predicted molar refractivity (Wildman–Crippen MR) is 130 cm³/mol. The molecular weight excluding hydrogens is 437 g/mol. The number of hydrogen-bond acceptors (Lipinski definition) is 2. The lowest BCUT2D eigenvalue weighted by atomic mass is 9.43. The van der Waals surface area contributed by atoms with Gasteiger partial charge in [0.1, 0.15) is 0 Å². The monoisotopic (exact) mass is 486 g/mol. The van der Waals surface area contributed by atoms with Crippen molar-refractivity contribution in [2.45, 2.75) is 135 Å². The molecular formula is C29H49F3O2. The van der Waals surface area contributed by atoms with Crippen LogP contribution in [0.4, 0.5) is 13.2 Å². The molecule has 4 saturated carbocycles. The van der Waals surface area contributed by atoms with E-state index in [1.165, 1.54) is 0 Å². The van der Waals surface area contributed by atoms with E-state index in [9.17, 15) is 23.4 Å². The van der Waals surface area contributed by atoms with Crippen LogP contribution in [0.1, 0.15) is 118 Å². The fraction of sp³-hybridized carbons (Fsp3) is 1.00. The first-order valence-corrected chi connectivity index (χ1v) is 14.1. The van der Waals surface area contributed by atoms with Crippen LogP contribution in [0.3, 0.4) is 0 Å². The van der Waals surface area contributed by atoms with Crippen LogP contribution in [-0.4, -0.2) is 27.6 Å². The van der Waals surface area contributed by atoms with Crippen molar-refractivity contribution in [1.29, 1.82) is 0 Å². The van der Waals surface area contributed by atoms with Gasteiger partial charge in [-0.15, -0.1) is 0 Å². The van der Waals surface area contributed by atoms with Gasteiger partial charge >= 0.3 is 6.18 Å². The second kappa shape index (κ2) is 8.92. The summed E-state index contributed by atoms with van der Waals surface area (Å²) in [5, 5.41) is 21.0. The number of rotatable bonds is 6. The minimum atomic E-state index is -4.17. The average molecular weight is 487 g/mol. The molecule has 0 bridgehead atoms. The maximum absolute atomic E-state index is 14.4. The summed E-state index contributed by atoms with van der Waals surface area (Å²) in [6.45, 7) is 10.1. The lowest BCUT2D eigenvalue weighted by Gasteiger charge is -2.62. The summed E-state index contributed by atoms with van der Waals surface area (Å²) in [5.41, 5.74) is -1.41. The third kappa shape index (κ3) is 4.71. The summed E-state index contributed by atoms with van der Waals surface area (Å²) in [7, 11) is 0. The molecule has 34 heavy (non-hydrogen) atoms. The molecule has 0 aromatic rings. The molecule has 2 nitrogen and oxygen atoms in total. The van der Waals surface area contributed by atoms with Gasteiger partial charge in [0.25, 0.3) is 0 Å². The van der Waals surface area contributed by atoms with Gasteiger partial charge in [0, 0.05) is 0 Å². The number of halogens is 3. The van der Waals surface area contributed by atoms with Gasteiger partial charge in [-0.25, -0.2) is 0 Å². The topological polar surface area (TPSA) is 40.5 Å². The Labute approximate surface area is 205 Å². The van der Waals surface area contributed by atoms with E-state index < -0.39 is 23.3 Å². The summed E-state index contributed by atoms with van der Waals surface area (Å²) in [6, 6.07) is 0. The van der Waals surface area contributed by atoms with Gasteiger partial charge in [-0.05, 0) is 138 Å². The van der Waals surface area contributed by atoms with E-state index in [-0.39, 0.29) is 23.2 Å². The summed E-state index contributed by atoms with van der Waals surface area (Å²) in [6.07, 6.45) is 6.37. The molecule has 0 aromatic carbocycles. The van der Waals surface area contributed by atoms with Crippen LogP contribution in [0.2, 0.25) is 0 Å². The van der Waals surface area contributed by atoms with Gasteiger partial charge in [-0.2, -0.15) is 13.2 Å². The molecule has 2 N–H and O–H groups in total. The summed E-state index contributed by atoms with van der Waals surface area (Å²) >= 11 is 0. The highest BCUT2D eigenvalue weighted by Gasteiger charge is 2.63. The highest BCUT2D eigenvalue weighted by Crippen LogP contribution is 2.69. The maximum atomic E-state index is 14.4. The molecule has 4 fully saturated rings. The van der Waals surface area contributed by atoms with E-state index >= 15 is 0 Å². The Morgan fingerprint density at radius 2 is 1.59 bits per heavy atom. The van der Waals surface area contributed by atoms with Gasteiger partial charge in [0.05, 0.1) is 17.1 Å². The second-order valence-electron chi connectivity index (χ2n) is 14.0. The largest absolute Gasteiger partial charge is 0.392 e. The van der Waals surface area contributed by atoms with E-state index in [1.54, 1.807) is 13.8 Å². The van der Waals surface area contributed by atoms with Crippen molar-refractivity contribution >= 4 is 0 Å². The van der Waals surface area contributed by atoms with Gasteiger partial charge in [-0.3, -0.25) is 0 Å². The van der Waals surface area contributed by atoms with Crippen LogP contribution in [0.5, 0.6) is 0 Å². The quantitative estimate of drug-likeness (QED) is 0.400. The van der Waals surface area contributed by atoms with E-state index in [2.05, 4.69) is 20.8 Å². The molecule has 0 saturated heterocycles. The number of fused-ring (bicyclic) bond motifs is 5. The normalized spacial score (nSPS) is 45.9. The molecule has 0 aromatic heterocycles. The van der Waals surface area contributed by atoms with E-state index in [0.29, 0.717) is 42.9 Å². The van der Waals surface area contributed by atoms with Crippen LogP contribution < -0.4 is 0 Å². The lowest BCUT2D eigenvalue weighted by Crippen LogP contribution is -2.56. The van der Waals surface area contributed by atoms with Gasteiger partial charge in [0.15, 0.2) is 0 Å². The van der Waals surface area contributed by atoms with E-state index in [0.717, 1.165) is 57.8 Å². The Morgan fingerprint density at radius 1 is 0.912 bits per heavy atom. The minimum Gasteiger partial charge on any atom is -0.390 e. The molecule has 4 aliphatic rings. The van der Waals surface area contributed by atoms with Crippen molar-refractivity contribution in [3.05, 3.63) is 0 Å². The molecule has 0 unspecified atom stereocenters. The Morgan fingerprint density at radius 3 is 2.21 bits per heavy atom. The zero-order valence-electron chi connectivity index (χ0n) is 22.2. The molecule has 0 amide bonds. The molecule has 0 radical (unpaired) electrons.